The summed E-state index contributed by atoms with van der Waals surface area (Å²) in [4.78, 5) is 2.26. The monoisotopic (exact) mass is 335 g/mol. The molecule has 0 radical (unpaired) electrons. The second kappa shape index (κ2) is 7.85. The highest BCUT2D eigenvalue weighted by atomic mass is 16.5. The Labute approximate surface area is 146 Å². The molecule has 1 aromatic rings. The maximum atomic E-state index is 10.4. The molecule has 1 N–H and O–H groups in total. The zero-order valence-electron chi connectivity index (χ0n) is 16.0. The van der Waals surface area contributed by atoms with Crippen molar-refractivity contribution >= 4 is 0 Å². The number of rotatable bonds is 5. The molecule has 0 aromatic heterocycles. The van der Waals surface area contributed by atoms with Crippen LogP contribution in [0.5, 0.6) is 5.75 Å². The number of aryl methyl sites for hydroxylation is 1. The van der Waals surface area contributed by atoms with Crippen molar-refractivity contribution in [2.24, 2.45) is 0 Å². The number of β-amino-alcohol motifs (C(OH)–C–C–N with tert-alkyl or cyclic N) is 1. The molecule has 24 heavy (non-hydrogen) atoms. The summed E-state index contributed by atoms with van der Waals surface area (Å²) in [6.45, 7) is 15.4. The number of ether oxygens (including phenoxy) is 2. The summed E-state index contributed by atoms with van der Waals surface area (Å²) in [5.41, 5.74) is 2.42. The second-order valence-electron chi connectivity index (χ2n) is 8.19. The maximum absolute atomic E-state index is 10.4. The lowest BCUT2D eigenvalue weighted by Crippen LogP contribution is -2.48. The van der Waals surface area contributed by atoms with Gasteiger partial charge in [-0.15, -0.1) is 0 Å². The van der Waals surface area contributed by atoms with Crippen molar-refractivity contribution in [3.63, 3.8) is 0 Å². The first-order chi connectivity index (χ1) is 11.1. The van der Waals surface area contributed by atoms with E-state index in [-0.39, 0.29) is 17.6 Å². The van der Waals surface area contributed by atoms with Gasteiger partial charge in [-0.1, -0.05) is 38.5 Å². The summed E-state index contributed by atoms with van der Waals surface area (Å²) in [5, 5.41) is 10.4. The van der Waals surface area contributed by atoms with E-state index in [9.17, 15) is 5.11 Å². The van der Waals surface area contributed by atoms with E-state index in [0.29, 0.717) is 13.2 Å². The average Bonchev–Trinajstić information content (AvgIpc) is 2.43. The fourth-order valence-electron chi connectivity index (χ4n) is 3.33. The minimum atomic E-state index is -0.503. The molecule has 1 aromatic carbocycles. The predicted octanol–water partition coefficient (Wildman–Crippen LogP) is 3.14. The van der Waals surface area contributed by atoms with Crippen molar-refractivity contribution in [1.82, 2.24) is 4.90 Å². The normalized spacial score (nSPS) is 24.0. The van der Waals surface area contributed by atoms with E-state index < -0.39 is 6.10 Å². The van der Waals surface area contributed by atoms with E-state index in [1.54, 1.807) is 0 Å². The van der Waals surface area contributed by atoms with Gasteiger partial charge in [0.1, 0.15) is 18.5 Å². The van der Waals surface area contributed by atoms with Crippen LogP contribution in [-0.2, 0) is 10.2 Å². The number of morpholine rings is 1. The van der Waals surface area contributed by atoms with Crippen LogP contribution in [0.15, 0.2) is 18.2 Å². The van der Waals surface area contributed by atoms with E-state index in [0.717, 1.165) is 18.8 Å². The van der Waals surface area contributed by atoms with Gasteiger partial charge in [-0.2, -0.15) is 0 Å². The Morgan fingerprint density at radius 1 is 1.25 bits per heavy atom. The minimum Gasteiger partial charge on any atom is -0.491 e. The van der Waals surface area contributed by atoms with Gasteiger partial charge >= 0.3 is 0 Å². The SMILES string of the molecule is Cc1ccc(OCC(O)CN2CC(C)OC(C)C2)c(C(C)(C)C)c1. The molecule has 1 aliphatic heterocycles. The van der Waals surface area contributed by atoms with Crippen LogP contribution in [-0.4, -0.2) is 54.6 Å². The third kappa shape index (κ3) is 5.47. The van der Waals surface area contributed by atoms with E-state index in [2.05, 4.69) is 58.6 Å². The Morgan fingerprint density at radius 2 is 1.88 bits per heavy atom. The van der Waals surface area contributed by atoms with Crippen molar-refractivity contribution in [2.75, 3.05) is 26.2 Å². The lowest BCUT2D eigenvalue weighted by molar-refractivity contribution is -0.0787. The third-order valence-electron chi connectivity index (χ3n) is 4.34. The summed E-state index contributed by atoms with van der Waals surface area (Å²) in [7, 11) is 0. The van der Waals surface area contributed by atoms with Gasteiger partial charge in [0.15, 0.2) is 0 Å². The van der Waals surface area contributed by atoms with Gasteiger partial charge in [0, 0.05) is 19.6 Å². The van der Waals surface area contributed by atoms with Gasteiger partial charge in [0.2, 0.25) is 0 Å². The molecule has 0 aliphatic carbocycles. The maximum Gasteiger partial charge on any atom is 0.123 e. The lowest BCUT2D eigenvalue weighted by Gasteiger charge is -2.36. The Balaban J connectivity index is 1.93. The zero-order chi connectivity index (χ0) is 17.9. The first-order valence-electron chi connectivity index (χ1n) is 8.95. The van der Waals surface area contributed by atoms with Crippen LogP contribution >= 0.6 is 0 Å². The summed E-state index contributed by atoms with van der Waals surface area (Å²) in [6.07, 6.45) is -0.0745. The first kappa shape index (κ1) is 19.2. The van der Waals surface area contributed by atoms with Crippen molar-refractivity contribution in [1.29, 1.82) is 0 Å². The number of hydrogen-bond donors (Lipinski definition) is 1. The molecule has 0 amide bonds. The summed E-state index contributed by atoms with van der Waals surface area (Å²) in [6, 6.07) is 6.25. The van der Waals surface area contributed by atoms with Crippen LogP contribution in [0.1, 0.15) is 45.7 Å². The summed E-state index contributed by atoms with van der Waals surface area (Å²) in [5.74, 6) is 0.871. The van der Waals surface area contributed by atoms with Crippen molar-refractivity contribution < 1.29 is 14.6 Å². The zero-order valence-corrected chi connectivity index (χ0v) is 16.0. The number of aliphatic hydroxyl groups excluding tert-OH is 1. The highest BCUT2D eigenvalue weighted by Gasteiger charge is 2.24. The van der Waals surface area contributed by atoms with Gasteiger partial charge in [-0.05, 0) is 37.8 Å². The van der Waals surface area contributed by atoms with E-state index in [1.165, 1.54) is 11.1 Å². The van der Waals surface area contributed by atoms with Crippen LogP contribution in [0.25, 0.3) is 0 Å². The Kier molecular flexibility index (Phi) is 6.29. The Bertz CT molecular complexity index is 528. The van der Waals surface area contributed by atoms with Gasteiger partial charge in [0.25, 0.3) is 0 Å². The van der Waals surface area contributed by atoms with Gasteiger partial charge < -0.3 is 14.6 Å². The van der Waals surface area contributed by atoms with Crippen LogP contribution in [0.4, 0.5) is 0 Å². The van der Waals surface area contributed by atoms with E-state index >= 15 is 0 Å². The molecule has 0 bridgehead atoms. The van der Waals surface area contributed by atoms with Gasteiger partial charge in [-0.25, -0.2) is 0 Å². The molecule has 4 heteroatoms. The number of benzene rings is 1. The predicted molar refractivity (Wildman–Crippen MR) is 97.8 cm³/mol. The van der Waals surface area contributed by atoms with Crippen molar-refractivity contribution in [3.05, 3.63) is 29.3 Å². The molecular formula is C20H33NO3. The van der Waals surface area contributed by atoms with Crippen molar-refractivity contribution in [2.45, 2.75) is 65.3 Å². The largest absolute Gasteiger partial charge is 0.491 e. The average molecular weight is 335 g/mol. The van der Waals surface area contributed by atoms with Gasteiger partial charge in [-0.3, -0.25) is 4.90 Å². The highest BCUT2D eigenvalue weighted by molar-refractivity contribution is 5.41. The van der Waals surface area contributed by atoms with Crippen LogP contribution in [0.3, 0.4) is 0 Å². The molecular weight excluding hydrogens is 302 g/mol. The molecule has 1 fully saturated rings. The highest BCUT2D eigenvalue weighted by Crippen LogP contribution is 2.32. The Morgan fingerprint density at radius 3 is 2.46 bits per heavy atom. The van der Waals surface area contributed by atoms with Crippen molar-refractivity contribution in [3.8, 4) is 5.75 Å². The van der Waals surface area contributed by atoms with E-state index in [1.807, 2.05) is 6.07 Å². The molecule has 1 aliphatic rings. The molecule has 3 unspecified atom stereocenters. The smallest absolute Gasteiger partial charge is 0.123 e. The summed E-state index contributed by atoms with van der Waals surface area (Å²) >= 11 is 0. The van der Waals surface area contributed by atoms with Crippen LogP contribution in [0.2, 0.25) is 0 Å². The molecule has 3 atom stereocenters. The molecule has 0 spiro atoms. The first-order valence-corrected chi connectivity index (χ1v) is 8.95. The topological polar surface area (TPSA) is 41.9 Å². The minimum absolute atomic E-state index is 0.0153. The molecule has 4 nitrogen and oxygen atoms in total. The fraction of sp³-hybridized carbons (Fsp3) is 0.700. The lowest BCUT2D eigenvalue weighted by atomic mass is 9.85. The fourth-order valence-corrected chi connectivity index (χ4v) is 3.33. The number of aliphatic hydroxyl groups is 1. The molecule has 2 rings (SSSR count). The quantitative estimate of drug-likeness (QED) is 0.898. The van der Waals surface area contributed by atoms with Crippen LogP contribution < -0.4 is 4.74 Å². The standard InChI is InChI=1S/C20H33NO3/c1-14-7-8-19(18(9-14)20(4,5)6)23-13-17(22)12-21-10-15(2)24-16(3)11-21/h7-9,15-17,22H,10-13H2,1-6H3. The number of nitrogens with zero attached hydrogens (tertiary/aromatic N) is 1. The van der Waals surface area contributed by atoms with E-state index in [4.69, 9.17) is 9.47 Å². The molecule has 0 saturated carbocycles. The molecule has 136 valence electrons. The summed E-state index contributed by atoms with van der Waals surface area (Å²) < 4.78 is 11.7. The Hall–Kier alpha value is -1.10. The third-order valence-corrected chi connectivity index (χ3v) is 4.34. The second-order valence-corrected chi connectivity index (χ2v) is 8.19. The molecule has 1 saturated heterocycles. The van der Waals surface area contributed by atoms with Gasteiger partial charge in [0.05, 0.1) is 12.2 Å². The number of hydrogen-bond acceptors (Lipinski definition) is 4. The van der Waals surface area contributed by atoms with Crippen LogP contribution in [0, 0.1) is 6.92 Å². The molecule has 1 heterocycles.